The molecular formula is C26H24FN5O2S2. The third-order valence-corrected chi connectivity index (χ3v) is 6.96. The number of pyridine rings is 1. The second-order valence-corrected chi connectivity index (χ2v) is 10.8. The molecule has 0 amide bonds. The quantitative estimate of drug-likeness (QED) is 0.353. The van der Waals surface area contributed by atoms with Crippen molar-refractivity contribution in [3.05, 3.63) is 108 Å². The normalized spacial score (nSPS) is 17.8. The zero-order valence-electron chi connectivity index (χ0n) is 19.6. The molecule has 1 aliphatic heterocycles. The first-order valence-corrected chi connectivity index (χ1v) is 13.5. The second-order valence-electron chi connectivity index (χ2n) is 8.65. The molecule has 10 heteroatoms. The Morgan fingerprint density at radius 1 is 1.03 bits per heavy atom. The summed E-state index contributed by atoms with van der Waals surface area (Å²) in [5.41, 5.74) is 4.43. The van der Waals surface area contributed by atoms with Crippen molar-refractivity contribution in [1.29, 1.82) is 0 Å². The minimum atomic E-state index is -3.42. The Hall–Kier alpha value is -3.76. The number of thiocarbonyl (C=S) groups is 1. The highest BCUT2D eigenvalue weighted by molar-refractivity contribution is 7.92. The van der Waals surface area contributed by atoms with Crippen LogP contribution >= 0.6 is 12.2 Å². The van der Waals surface area contributed by atoms with Crippen LogP contribution in [0.2, 0.25) is 0 Å². The number of anilines is 2. The molecule has 0 radical (unpaired) electrons. The molecular weight excluding hydrogens is 497 g/mol. The molecule has 0 unspecified atom stereocenters. The van der Waals surface area contributed by atoms with Crippen molar-refractivity contribution in [2.75, 3.05) is 15.9 Å². The van der Waals surface area contributed by atoms with Crippen LogP contribution in [0, 0.1) is 12.7 Å². The number of aromatic nitrogens is 2. The lowest BCUT2D eigenvalue weighted by Gasteiger charge is -2.29. The lowest BCUT2D eigenvalue weighted by molar-refractivity contribution is 0.549. The highest BCUT2D eigenvalue weighted by Crippen LogP contribution is 2.43. The summed E-state index contributed by atoms with van der Waals surface area (Å²) >= 11 is 5.80. The molecule has 2 N–H and O–H groups in total. The Labute approximate surface area is 214 Å². The molecule has 0 spiro atoms. The molecule has 0 saturated carbocycles. The van der Waals surface area contributed by atoms with Crippen molar-refractivity contribution in [2.45, 2.75) is 19.0 Å². The van der Waals surface area contributed by atoms with Crippen molar-refractivity contribution >= 4 is 38.7 Å². The molecule has 4 aromatic rings. The Morgan fingerprint density at radius 2 is 1.86 bits per heavy atom. The van der Waals surface area contributed by atoms with Gasteiger partial charge in [0.15, 0.2) is 5.11 Å². The van der Waals surface area contributed by atoms with Gasteiger partial charge in [-0.05, 0) is 85.4 Å². The van der Waals surface area contributed by atoms with Crippen LogP contribution in [0.5, 0.6) is 0 Å². The molecule has 36 heavy (non-hydrogen) atoms. The van der Waals surface area contributed by atoms with Crippen LogP contribution in [0.4, 0.5) is 15.8 Å². The molecule has 2 atom stereocenters. The molecule has 184 valence electrons. The molecule has 0 aliphatic carbocycles. The number of halogens is 1. The van der Waals surface area contributed by atoms with Gasteiger partial charge in [-0.15, -0.1) is 0 Å². The summed E-state index contributed by atoms with van der Waals surface area (Å²) in [6.45, 7) is 1.84. The molecule has 1 saturated heterocycles. The van der Waals surface area contributed by atoms with Gasteiger partial charge in [0.1, 0.15) is 11.9 Å². The van der Waals surface area contributed by atoms with E-state index in [0.717, 1.165) is 28.9 Å². The van der Waals surface area contributed by atoms with E-state index >= 15 is 0 Å². The van der Waals surface area contributed by atoms with Gasteiger partial charge in [-0.3, -0.25) is 9.71 Å². The fraction of sp³-hybridized carbons (Fsp3) is 0.154. The van der Waals surface area contributed by atoms with Crippen molar-refractivity contribution in [3.8, 4) is 5.69 Å². The van der Waals surface area contributed by atoms with E-state index in [1.165, 1.54) is 12.1 Å². The summed E-state index contributed by atoms with van der Waals surface area (Å²) < 4.78 is 42.1. The first-order valence-electron chi connectivity index (χ1n) is 11.2. The maximum absolute atomic E-state index is 14.1. The number of nitrogens with one attached hydrogen (secondary N) is 2. The average molecular weight is 522 g/mol. The number of sulfonamides is 1. The van der Waals surface area contributed by atoms with Crippen molar-refractivity contribution in [3.63, 3.8) is 0 Å². The van der Waals surface area contributed by atoms with Crippen LogP contribution in [0.3, 0.4) is 0 Å². The number of rotatable bonds is 6. The largest absolute Gasteiger partial charge is 0.351 e. The summed E-state index contributed by atoms with van der Waals surface area (Å²) in [5, 5.41) is 3.92. The van der Waals surface area contributed by atoms with Crippen LogP contribution in [0.1, 0.15) is 29.0 Å². The fourth-order valence-corrected chi connectivity index (χ4v) is 5.52. The average Bonchev–Trinajstić information content (AvgIpc) is 3.44. The van der Waals surface area contributed by atoms with E-state index < -0.39 is 10.0 Å². The topological polar surface area (TPSA) is 79.3 Å². The van der Waals surface area contributed by atoms with E-state index in [2.05, 4.69) is 15.0 Å². The Morgan fingerprint density at radius 3 is 2.56 bits per heavy atom. The van der Waals surface area contributed by atoms with Crippen molar-refractivity contribution in [1.82, 2.24) is 14.9 Å². The van der Waals surface area contributed by atoms with Gasteiger partial charge in [-0.2, -0.15) is 0 Å². The molecule has 5 rings (SSSR count). The molecule has 2 aromatic heterocycles. The maximum Gasteiger partial charge on any atom is 0.229 e. The Kier molecular flexibility index (Phi) is 6.23. The zero-order valence-corrected chi connectivity index (χ0v) is 21.2. The predicted octanol–water partition coefficient (Wildman–Crippen LogP) is 4.87. The summed E-state index contributed by atoms with van der Waals surface area (Å²) in [5.74, 6) is -0.324. The lowest BCUT2D eigenvalue weighted by Crippen LogP contribution is -2.30. The predicted molar refractivity (Wildman–Crippen MR) is 143 cm³/mol. The van der Waals surface area contributed by atoms with Crippen LogP contribution < -0.4 is 14.9 Å². The van der Waals surface area contributed by atoms with Gasteiger partial charge >= 0.3 is 0 Å². The summed E-state index contributed by atoms with van der Waals surface area (Å²) in [6.07, 6.45) is 4.75. The third kappa shape index (κ3) is 4.69. The van der Waals surface area contributed by atoms with Crippen LogP contribution in [-0.4, -0.2) is 29.3 Å². The van der Waals surface area contributed by atoms with E-state index in [4.69, 9.17) is 12.2 Å². The Bertz CT molecular complexity index is 1540. The maximum atomic E-state index is 14.1. The second kappa shape index (κ2) is 9.36. The van der Waals surface area contributed by atoms with Gasteiger partial charge < -0.3 is 14.8 Å². The molecule has 1 aliphatic rings. The van der Waals surface area contributed by atoms with Crippen molar-refractivity contribution < 1.29 is 12.8 Å². The smallest absolute Gasteiger partial charge is 0.229 e. The summed E-state index contributed by atoms with van der Waals surface area (Å²) in [6, 6.07) is 20.9. The number of hydrogen-bond donors (Lipinski definition) is 2. The summed E-state index contributed by atoms with van der Waals surface area (Å²) in [7, 11) is -3.42. The third-order valence-electron chi connectivity index (χ3n) is 6.05. The molecule has 3 heterocycles. The molecule has 2 aromatic carbocycles. The van der Waals surface area contributed by atoms with Crippen LogP contribution in [0.15, 0.2) is 85.2 Å². The highest BCUT2D eigenvalue weighted by Gasteiger charge is 2.42. The first kappa shape index (κ1) is 24.0. The SMILES string of the molecule is Cc1cc(N2C(=S)N[C@@H](c3ccccn3)[C@@H]2c2cccn2-c2cccc(F)c2)ccc1NS(C)(=O)=O. The van der Waals surface area contributed by atoms with Gasteiger partial charge in [0.05, 0.1) is 23.7 Å². The van der Waals surface area contributed by atoms with E-state index in [0.29, 0.717) is 16.5 Å². The van der Waals surface area contributed by atoms with Crippen LogP contribution in [-0.2, 0) is 10.0 Å². The van der Waals surface area contributed by atoms with E-state index in [-0.39, 0.29) is 17.9 Å². The fourth-order valence-electron chi connectivity index (χ4n) is 4.54. The highest BCUT2D eigenvalue weighted by atomic mass is 32.2. The standard InChI is InChI=1S/C26H24FN5O2S2/c1-17-15-20(11-12-21(17)30-36(2,33)34)32-25(24(29-26(32)35)22-9-3-4-13-28-22)23-10-6-14-31(23)19-8-5-7-18(27)16-19/h3-16,24-25,30H,1-2H3,(H,29,35)/t24-,25-/m0/s1. The zero-order chi connectivity index (χ0) is 25.4. The Balaban J connectivity index is 1.64. The molecule has 0 bridgehead atoms. The van der Waals surface area contributed by atoms with Gasteiger partial charge in [0.2, 0.25) is 10.0 Å². The van der Waals surface area contributed by atoms with Gasteiger partial charge in [0.25, 0.3) is 0 Å². The minimum Gasteiger partial charge on any atom is -0.351 e. The van der Waals surface area contributed by atoms with Crippen LogP contribution in [0.25, 0.3) is 5.69 Å². The van der Waals surface area contributed by atoms with E-state index in [1.54, 1.807) is 18.3 Å². The van der Waals surface area contributed by atoms with Gasteiger partial charge in [-0.1, -0.05) is 12.1 Å². The van der Waals surface area contributed by atoms with E-state index in [9.17, 15) is 12.8 Å². The molecule has 1 fully saturated rings. The number of nitrogens with zero attached hydrogens (tertiary/aromatic N) is 3. The first-order chi connectivity index (χ1) is 17.2. The lowest BCUT2D eigenvalue weighted by atomic mass is 10.0. The van der Waals surface area contributed by atoms with Gasteiger partial charge in [0, 0.05) is 29.5 Å². The number of aryl methyl sites for hydroxylation is 1. The monoisotopic (exact) mass is 521 g/mol. The summed E-state index contributed by atoms with van der Waals surface area (Å²) in [4.78, 5) is 6.57. The van der Waals surface area contributed by atoms with Gasteiger partial charge in [-0.25, -0.2) is 12.8 Å². The van der Waals surface area contributed by atoms with E-state index in [1.807, 2.05) is 71.1 Å². The molecule has 7 nitrogen and oxygen atoms in total. The number of benzene rings is 2. The van der Waals surface area contributed by atoms with Crippen molar-refractivity contribution in [2.24, 2.45) is 0 Å². The minimum absolute atomic E-state index is 0.282. The number of hydrogen-bond acceptors (Lipinski definition) is 4.